The van der Waals surface area contributed by atoms with E-state index in [1.54, 1.807) is 0 Å². The van der Waals surface area contributed by atoms with Crippen molar-refractivity contribution in [3.8, 4) is 0 Å². The van der Waals surface area contributed by atoms with Crippen molar-refractivity contribution in [1.82, 2.24) is 4.98 Å². The Labute approximate surface area is 158 Å². The third-order valence-corrected chi connectivity index (χ3v) is 8.99. The first-order chi connectivity index (χ1) is 12.6. The minimum absolute atomic E-state index is 0.0361. The highest BCUT2D eigenvalue weighted by Gasteiger charge is 2.57. The molecule has 1 N–H and O–H groups in total. The fraction of sp³-hybridized carbons (Fsp3) is 0.708. The summed E-state index contributed by atoms with van der Waals surface area (Å²) in [5.74, 6) is 3.34. The highest BCUT2D eigenvalue weighted by atomic mass is 16.3. The van der Waals surface area contributed by atoms with E-state index < -0.39 is 0 Å². The van der Waals surface area contributed by atoms with Crippen LogP contribution in [0.2, 0.25) is 0 Å². The van der Waals surface area contributed by atoms with Gasteiger partial charge < -0.3 is 5.11 Å². The number of rotatable bonds is 2. The van der Waals surface area contributed by atoms with E-state index in [4.69, 9.17) is 0 Å². The number of fused-ring (bicyclic) bond motifs is 5. The fourth-order valence-corrected chi connectivity index (χ4v) is 7.71. The van der Waals surface area contributed by atoms with Gasteiger partial charge in [0.05, 0.1) is 6.10 Å². The molecule has 5 rings (SSSR count). The van der Waals surface area contributed by atoms with Gasteiger partial charge >= 0.3 is 0 Å². The number of hydrogen-bond donors (Lipinski definition) is 1. The first kappa shape index (κ1) is 17.0. The smallest absolute Gasteiger partial charge is 0.0543 e. The second-order valence-corrected chi connectivity index (χ2v) is 10.0. The highest BCUT2D eigenvalue weighted by Crippen LogP contribution is 2.65. The maximum Gasteiger partial charge on any atom is 0.0543 e. The Balaban J connectivity index is 1.42. The molecule has 0 bridgehead atoms. The molecule has 1 unspecified atom stereocenters. The van der Waals surface area contributed by atoms with Crippen LogP contribution >= 0.6 is 0 Å². The minimum atomic E-state index is -0.0361. The van der Waals surface area contributed by atoms with Crippen molar-refractivity contribution in [2.75, 3.05) is 0 Å². The van der Waals surface area contributed by atoms with E-state index in [0.717, 1.165) is 36.5 Å². The van der Waals surface area contributed by atoms with E-state index in [-0.39, 0.29) is 6.10 Å². The van der Waals surface area contributed by atoms with Crippen LogP contribution in [-0.2, 0) is 6.42 Å². The van der Waals surface area contributed by atoms with Crippen molar-refractivity contribution in [3.63, 3.8) is 0 Å². The van der Waals surface area contributed by atoms with Crippen molar-refractivity contribution >= 4 is 0 Å². The van der Waals surface area contributed by atoms with Gasteiger partial charge in [-0.25, -0.2) is 0 Å². The summed E-state index contributed by atoms with van der Waals surface area (Å²) < 4.78 is 0. The van der Waals surface area contributed by atoms with Crippen molar-refractivity contribution in [1.29, 1.82) is 0 Å². The Morgan fingerprint density at radius 3 is 2.92 bits per heavy atom. The summed E-state index contributed by atoms with van der Waals surface area (Å²) in [5.41, 5.74) is 2.26. The first-order valence-electron chi connectivity index (χ1n) is 10.9. The fourth-order valence-electron chi connectivity index (χ4n) is 7.71. The van der Waals surface area contributed by atoms with E-state index in [0.29, 0.717) is 10.8 Å². The number of aliphatic hydroxyl groups excluding tert-OH is 1. The Morgan fingerprint density at radius 1 is 1.15 bits per heavy atom. The molecule has 0 aromatic carbocycles. The molecule has 1 aromatic heterocycles. The molecule has 1 aromatic rings. The van der Waals surface area contributed by atoms with Gasteiger partial charge in [0.25, 0.3) is 0 Å². The maximum absolute atomic E-state index is 10.2. The molecule has 3 saturated carbocycles. The lowest BCUT2D eigenvalue weighted by Gasteiger charge is -2.60. The highest BCUT2D eigenvalue weighted by molar-refractivity contribution is 5.23. The Hall–Kier alpha value is -1.15. The summed E-state index contributed by atoms with van der Waals surface area (Å²) in [5, 5.41) is 10.2. The van der Waals surface area contributed by atoms with Gasteiger partial charge in [-0.1, -0.05) is 25.1 Å². The Kier molecular flexibility index (Phi) is 4.04. The average molecular weight is 352 g/mol. The van der Waals surface area contributed by atoms with Crippen molar-refractivity contribution in [2.24, 2.45) is 34.5 Å². The average Bonchev–Trinajstić information content (AvgIpc) is 3.07. The zero-order valence-electron chi connectivity index (χ0n) is 16.1. The topological polar surface area (TPSA) is 33.1 Å². The second kappa shape index (κ2) is 6.19. The number of hydrogen-bond acceptors (Lipinski definition) is 2. The quantitative estimate of drug-likeness (QED) is 0.745. The predicted octanol–water partition coefficient (Wildman–Crippen LogP) is 5.17. The Bertz CT molecular complexity index is 685. The van der Waals surface area contributed by atoms with Gasteiger partial charge in [0.2, 0.25) is 0 Å². The van der Waals surface area contributed by atoms with Crippen LogP contribution in [0.4, 0.5) is 0 Å². The van der Waals surface area contributed by atoms with E-state index in [1.165, 1.54) is 50.5 Å². The molecule has 7 atom stereocenters. The summed E-state index contributed by atoms with van der Waals surface area (Å²) in [6.45, 7) is 2.58. The molecule has 2 nitrogen and oxygen atoms in total. The normalized spacial score (nSPS) is 47.1. The number of aliphatic hydroxyl groups is 1. The summed E-state index contributed by atoms with van der Waals surface area (Å²) in [4.78, 5) is 4.37. The molecule has 0 radical (unpaired) electrons. The van der Waals surface area contributed by atoms with E-state index in [1.807, 2.05) is 6.20 Å². The molecule has 26 heavy (non-hydrogen) atoms. The van der Waals surface area contributed by atoms with Gasteiger partial charge in [-0.2, -0.15) is 0 Å². The van der Waals surface area contributed by atoms with Gasteiger partial charge in [-0.3, -0.25) is 4.98 Å². The lowest BCUT2D eigenvalue weighted by molar-refractivity contribution is -0.119. The molecular formula is C24H33NO. The number of allylic oxidation sites excluding steroid dienone is 2. The Morgan fingerprint density at radius 2 is 2.08 bits per heavy atom. The number of pyridine rings is 1. The predicted molar refractivity (Wildman–Crippen MR) is 105 cm³/mol. The van der Waals surface area contributed by atoms with Crippen LogP contribution in [0.3, 0.4) is 0 Å². The minimum Gasteiger partial charge on any atom is -0.393 e. The molecule has 0 aliphatic heterocycles. The van der Waals surface area contributed by atoms with E-state index in [2.05, 4.69) is 42.4 Å². The van der Waals surface area contributed by atoms with Gasteiger partial charge in [0.1, 0.15) is 0 Å². The van der Waals surface area contributed by atoms with Crippen molar-refractivity contribution in [3.05, 3.63) is 42.2 Å². The van der Waals surface area contributed by atoms with Crippen LogP contribution in [0.5, 0.6) is 0 Å². The summed E-state index contributed by atoms with van der Waals surface area (Å²) in [6, 6.07) is 4.35. The third kappa shape index (κ3) is 2.52. The molecule has 0 saturated heterocycles. The molecular weight excluding hydrogens is 318 g/mol. The summed E-state index contributed by atoms with van der Waals surface area (Å²) >= 11 is 0. The third-order valence-electron chi connectivity index (χ3n) is 8.99. The van der Waals surface area contributed by atoms with Crippen LogP contribution in [0.25, 0.3) is 0 Å². The number of nitrogens with zero attached hydrogens (tertiary/aromatic N) is 1. The molecule has 4 aliphatic rings. The van der Waals surface area contributed by atoms with Crippen LogP contribution in [0, 0.1) is 34.5 Å². The molecule has 3 fully saturated rings. The van der Waals surface area contributed by atoms with Crippen LogP contribution in [0.15, 0.2) is 36.7 Å². The van der Waals surface area contributed by atoms with Gasteiger partial charge in [0, 0.05) is 12.4 Å². The molecule has 140 valence electrons. The summed E-state index contributed by atoms with van der Waals surface area (Å²) in [7, 11) is 0. The monoisotopic (exact) mass is 351 g/mol. The van der Waals surface area contributed by atoms with Gasteiger partial charge in [0.15, 0.2) is 0 Å². The first-order valence-corrected chi connectivity index (χ1v) is 10.9. The molecule has 0 spiro atoms. The standard InChI is InChI=1S/C24H33NO/c1-23-11-8-19(26)14-18(23)6-7-20-21(23)9-12-24(10-2-5-22(20)24)15-17-4-3-13-25-16-17/h2-4,10,13,16,18-22,26H,5-9,11-12,14-15H2,1H3/t18?,19-,20+,21-,22-,23-,24-/m0/s1. The largest absolute Gasteiger partial charge is 0.393 e. The SMILES string of the molecule is C[C@]12CC[C@H](O)CC1CC[C@H]1[C@@H]3CC=C[C@@]3(Cc3cccnc3)CC[C@@H]12. The zero-order chi connectivity index (χ0) is 17.8. The van der Waals surface area contributed by atoms with Crippen LogP contribution in [0.1, 0.15) is 63.9 Å². The lowest BCUT2D eigenvalue weighted by atomic mass is 9.44. The van der Waals surface area contributed by atoms with Gasteiger partial charge in [-0.05, 0) is 104 Å². The van der Waals surface area contributed by atoms with Crippen molar-refractivity contribution < 1.29 is 5.11 Å². The molecule has 2 heteroatoms. The summed E-state index contributed by atoms with van der Waals surface area (Å²) in [6.07, 6.45) is 20.2. The van der Waals surface area contributed by atoms with Crippen LogP contribution in [-0.4, -0.2) is 16.2 Å². The lowest BCUT2D eigenvalue weighted by Crippen LogP contribution is -2.54. The molecule has 0 amide bonds. The second-order valence-electron chi connectivity index (χ2n) is 10.0. The maximum atomic E-state index is 10.2. The van der Waals surface area contributed by atoms with E-state index in [9.17, 15) is 5.11 Å². The molecule has 1 heterocycles. The van der Waals surface area contributed by atoms with E-state index >= 15 is 0 Å². The molecule has 4 aliphatic carbocycles. The zero-order valence-corrected chi connectivity index (χ0v) is 16.1. The number of aromatic nitrogens is 1. The van der Waals surface area contributed by atoms with Crippen LogP contribution < -0.4 is 0 Å². The van der Waals surface area contributed by atoms with Gasteiger partial charge in [-0.15, -0.1) is 0 Å². The van der Waals surface area contributed by atoms with Crippen molar-refractivity contribution in [2.45, 2.75) is 70.8 Å².